The van der Waals surface area contributed by atoms with Gasteiger partial charge in [0, 0.05) is 18.6 Å². The largest absolute Gasteiger partial charge is 0.394 e. The lowest BCUT2D eigenvalue weighted by Crippen LogP contribution is -2.59. The first kappa shape index (κ1) is 16.2. The summed E-state index contributed by atoms with van der Waals surface area (Å²) in [5, 5.41) is 22.8. The van der Waals surface area contributed by atoms with E-state index in [0.717, 1.165) is 12.8 Å². The van der Waals surface area contributed by atoms with Crippen molar-refractivity contribution in [3.63, 3.8) is 0 Å². The van der Waals surface area contributed by atoms with Gasteiger partial charge in [0.1, 0.15) is 18.2 Å². The Bertz CT molecular complexity index is 311. The molecule has 2 N–H and O–H groups in total. The molecule has 0 aliphatic carbocycles. The van der Waals surface area contributed by atoms with Crippen LogP contribution in [-0.2, 0) is 14.2 Å². The molecule has 5 atom stereocenters. The molecule has 1 fully saturated rings. The maximum Gasteiger partial charge on any atom is 0.168 e. The molecule has 0 bridgehead atoms. The van der Waals surface area contributed by atoms with Crippen LogP contribution in [0.3, 0.4) is 0 Å². The van der Waals surface area contributed by atoms with Crippen LogP contribution in [0.15, 0.2) is 5.11 Å². The minimum Gasteiger partial charge on any atom is -0.394 e. The smallest absolute Gasteiger partial charge is 0.168 e. The number of unbranched alkanes of at least 4 members (excludes halogenated alkanes) is 1. The summed E-state index contributed by atoms with van der Waals surface area (Å²) in [4.78, 5) is 2.73. The molecule has 1 aliphatic rings. The molecule has 0 saturated carbocycles. The quantitative estimate of drug-likeness (QED) is 0.305. The summed E-state index contributed by atoms with van der Waals surface area (Å²) in [6, 6.07) is -0.787. The summed E-state index contributed by atoms with van der Waals surface area (Å²) in [5.74, 6) is 0. The molecule has 1 saturated heterocycles. The van der Waals surface area contributed by atoms with E-state index >= 15 is 0 Å². The first-order chi connectivity index (χ1) is 9.19. The Morgan fingerprint density at radius 3 is 2.74 bits per heavy atom. The van der Waals surface area contributed by atoms with Crippen molar-refractivity contribution in [1.29, 1.82) is 0 Å². The van der Waals surface area contributed by atoms with Gasteiger partial charge in [-0.2, -0.15) is 0 Å². The topological polar surface area (TPSA) is 117 Å². The lowest BCUT2D eigenvalue weighted by molar-refractivity contribution is -0.265. The van der Waals surface area contributed by atoms with Crippen LogP contribution in [0, 0.1) is 0 Å². The second-order valence-electron chi connectivity index (χ2n) is 4.34. The van der Waals surface area contributed by atoms with Crippen LogP contribution in [0.4, 0.5) is 0 Å². The van der Waals surface area contributed by atoms with Gasteiger partial charge in [-0.3, -0.25) is 0 Å². The lowest BCUT2D eigenvalue weighted by atomic mass is 9.97. The molecule has 0 amide bonds. The van der Waals surface area contributed by atoms with E-state index in [1.165, 1.54) is 7.11 Å². The van der Waals surface area contributed by atoms with Crippen molar-refractivity contribution in [3.05, 3.63) is 10.4 Å². The minimum atomic E-state index is -1.07. The van der Waals surface area contributed by atoms with Gasteiger partial charge < -0.3 is 24.4 Å². The summed E-state index contributed by atoms with van der Waals surface area (Å²) in [6.45, 7) is 2.09. The van der Waals surface area contributed by atoms with E-state index in [-0.39, 0.29) is 6.61 Å². The summed E-state index contributed by atoms with van der Waals surface area (Å²) >= 11 is 0. The van der Waals surface area contributed by atoms with Crippen LogP contribution < -0.4 is 0 Å². The molecule has 19 heavy (non-hydrogen) atoms. The monoisotopic (exact) mass is 275 g/mol. The summed E-state index contributed by atoms with van der Waals surface area (Å²) < 4.78 is 16.0. The Hall–Kier alpha value is -0.890. The van der Waals surface area contributed by atoms with Crippen molar-refractivity contribution in [2.24, 2.45) is 5.11 Å². The summed E-state index contributed by atoms with van der Waals surface area (Å²) in [6.07, 6.45) is -1.70. The van der Waals surface area contributed by atoms with Gasteiger partial charge in [-0.15, -0.1) is 0 Å². The van der Waals surface area contributed by atoms with Gasteiger partial charge in [-0.05, 0) is 12.0 Å². The van der Waals surface area contributed by atoms with Gasteiger partial charge in [0.05, 0.1) is 12.7 Å². The number of rotatable bonds is 7. The first-order valence-corrected chi connectivity index (χ1v) is 6.32. The molecular weight excluding hydrogens is 254 g/mol. The van der Waals surface area contributed by atoms with Crippen LogP contribution in [-0.4, -0.2) is 61.2 Å². The molecule has 110 valence electrons. The molecule has 8 nitrogen and oxygen atoms in total. The number of hydrogen-bond donors (Lipinski definition) is 2. The molecule has 0 aromatic rings. The maximum absolute atomic E-state index is 10.1. The molecule has 3 unspecified atom stereocenters. The van der Waals surface area contributed by atoms with E-state index in [1.54, 1.807) is 0 Å². The fraction of sp³-hybridized carbons (Fsp3) is 1.00. The average Bonchev–Trinajstić information content (AvgIpc) is 2.42. The second kappa shape index (κ2) is 8.31. The van der Waals surface area contributed by atoms with Gasteiger partial charge >= 0.3 is 0 Å². The van der Waals surface area contributed by atoms with Crippen molar-refractivity contribution >= 4 is 0 Å². The zero-order valence-electron chi connectivity index (χ0n) is 11.2. The summed E-state index contributed by atoms with van der Waals surface area (Å²) in [5.41, 5.74) is 8.59. The van der Waals surface area contributed by atoms with Crippen molar-refractivity contribution < 1.29 is 24.4 Å². The van der Waals surface area contributed by atoms with Crippen LogP contribution in [0.1, 0.15) is 19.8 Å². The van der Waals surface area contributed by atoms with Crippen molar-refractivity contribution in [2.45, 2.75) is 50.4 Å². The molecule has 0 aromatic carbocycles. The standard InChI is InChI=1S/C11H21N3O5/c1-3-4-5-18-10-8(13-14-12)11(17-2)19-7(6-15)9(10)16/h7-11,15-16H,3-6H2,1-2H3/t7?,8?,9-,10?,11+/m1/s1. The van der Waals surface area contributed by atoms with Gasteiger partial charge in [0.2, 0.25) is 0 Å². The lowest BCUT2D eigenvalue weighted by Gasteiger charge is -2.41. The molecule has 0 aromatic heterocycles. The zero-order chi connectivity index (χ0) is 14.3. The Balaban J connectivity index is 2.83. The van der Waals surface area contributed by atoms with E-state index in [0.29, 0.717) is 6.61 Å². The predicted octanol–water partition coefficient (Wildman–Crippen LogP) is 0.575. The van der Waals surface area contributed by atoms with Crippen molar-refractivity contribution in [1.82, 2.24) is 0 Å². The number of azide groups is 1. The van der Waals surface area contributed by atoms with Crippen LogP contribution >= 0.6 is 0 Å². The van der Waals surface area contributed by atoms with Crippen molar-refractivity contribution in [3.8, 4) is 0 Å². The Labute approximate surface area is 111 Å². The second-order valence-corrected chi connectivity index (χ2v) is 4.34. The van der Waals surface area contributed by atoms with Crippen LogP contribution in [0.5, 0.6) is 0 Å². The highest BCUT2D eigenvalue weighted by atomic mass is 16.7. The van der Waals surface area contributed by atoms with E-state index in [2.05, 4.69) is 10.0 Å². The fourth-order valence-electron chi connectivity index (χ4n) is 1.99. The minimum absolute atomic E-state index is 0.363. The van der Waals surface area contributed by atoms with E-state index in [4.69, 9.17) is 19.7 Å². The third kappa shape index (κ3) is 4.04. The van der Waals surface area contributed by atoms with E-state index < -0.39 is 30.6 Å². The zero-order valence-corrected chi connectivity index (χ0v) is 11.2. The van der Waals surface area contributed by atoms with Gasteiger partial charge in [-0.1, -0.05) is 18.5 Å². The van der Waals surface area contributed by atoms with Gasteiger partial charge in [0.25, 0.3) is 0 Å². The van der Waals surface area contributed by atoms with Crippen molar-refractivity contribution in [2.75, 3.05) is 20.3 Å². The highest BCUT2D eigenvalue weighted by molar-refractivity contribution is 4.94. The molecule has 8 heteroatoms. The first-order valence-electron chi connectivity index (χ1n) is 6.32. The highest BCUT2D eigenvalue weighted by Crippen LogP contribution is 2.26. The Morgan fingerprint density at radius 2 is 2.21 bits per heavy atom. The predicted molar refractivity (Wildman–Crippen MR) is 66.3 cm³/mol. The fourth-order valence-corrected chi connectivity index (χ4v) is 1.99. The molecule has 0 radical (unpaired) electrons. The summed E-state index contributed by atoms with van der Waals surface area (Å²) in [7, 11) is 1.40. The van der Waals surface area contributed by atoms with Gasteiger partial charge in [0.15, 0.2) is 6.29 Å². The molecule has 0 spiro atoms. The van der Waals surface area contributed by atoms with Crippen LogP contribution in [0.2, 0.25) is 0 Å². The number of ether oxygens (including phenoxy) is 3. The number of aliphatic hydroxyl groups is 2. The SMILES string of the molecule is CCCCOC1C(N=[N+]=[N-])[C@@H](OC)OC(CO)[C@H]1O. The maximum atomic E-state index is 10.1. The third-order valence-corrected chi connectivity index (χ3v) is 3.05. The molecule has 1 aliphatic heterocycles. The molecule has 1 heterocycles. The molecular formula is C11H21N3O5. The Kier molecular flexibility index (Phi) is 7.07. The Morgan fingerprint density at radius 1 is 1.47 bits per heavy atom. The molecule has 1 rings (SSSR count). The number of hydrogen-bond acceptors (Lipinski definition) is 6. The van der Waals surface area contributed by atoms with Gasteiger partial charge in [-0.25, -0.2) is 0 Å². The average molecular weight is 275 g/mol. The van der Waals surface area contributed by atoms with E-state index in [1.807, 2.05) is 6.92 Å². The normalized spacial score (nSPS) is 34.8. The van der Waals surface area contributed by atoms with E-state index in [9.17, 15) is 10.2 Å². The third-order valence-electron chi connectivity index (χ3n) is 3.05. The number of aliphatic hydroxyl groups excluding tert-OH is 2. The van der Waals surface area contributed by atoms with Crippen LogP contribution in [0.25, 0.3) is 10.4 Å². The number of methoxy groups -OCH3 is 1. The highest BCUT2D eigenvalue weighted by Gasteiger charge is 2.45. The number of nitrogens with zero attached hydrogens (tertiary/aromatic N) is 3.